The van der Waals surface area contributed by atoms with Crippen LogP contribution >= 0.6 is 0 Å². The summed E-state index contributed by atoms with van der Waals surface area (Å²) in [7, 11) is 0. The van der Waals surface area contributed by atoms with Crippen molar-refractivity contribution in [2.45, 2.75) is 19.9 Å². The molecule has 0 aliphatic carbocycles. The number of carbonyl (C=O) groups is 1. The molecule has 0 saturated carbocycles. The molecule has 5 aromatic heterocycles. The molecule has 9 heteroatoms. The van der Waals surface area contributed by atoms with Gasteiger partial charge < -0.3 is 10.2 Å². The van der Waals surface area contributed by atoms with Crippen molar-refractivity contribution in [2.75, 3.05) is 0 Å². The fraction of sp³-hybridized carbons (Fsp3) is 0.158. The van der Waals surface area contributed by atoms with E-state index < -0.39 is 5.91 Å². The van der Waals surface area contributed by atoms with Crippen LogP contribution in [0.4, 0.5) is 0 Å². The monoisotopic (exact) mass is 375 g/mol. The summed E-state index contributed by atoms with van der Waals surface area (Å²) in [5.74, 6) is -0.0766. The molecule has 5 heterocycles. The maximum atomic E-state index is 11.7. The molecule has 0 aliphatic heterocycles. The van der Waals surface area contributed by atoms with Crippen molar-refractivity contribution >= 4 is 17.4 Å². The van der Waals surface area contributed by atoms with Crippen LogP contribution in [0.2, 0.25) is 0 Å². The lowest BCUT2D eigenvalue weighted by molar-refractivity contribution is 0.0995. The number of fused-ring (bicyclic) bond motifs is 2. The molecular weight excluding hydrogens is 358 g/mol. The standard InChI is InChI=1S/C19H17N7O2/c1-11(2)26-6-5-13(23-26)16-17(24-7-8-28-19(24)22-16)12-3-4-15-21-9-14(18(20)27)25(15)10-12/h3-11H,1-2H3,(H2,20,27). The molecule has 9 nitrogen and oxygen atoms in total. The Bertz CT molecular complexity index is 1340. The zero-order valence-corrected chi connectivity index (χ0v) is 15.3. The summed E-state index contributed by atoms with van der Waals surface area (Å²) in [6.45, 7) is 4.13. The zero-order valence-electron chi connectivity index (χ0n) is 15.3. The molecule has 1 amide bonds. The normalized spacial score (nSPS) is 11.8. The van der Waals surface area contributed by atoms with Crippen LogP contribution in [0.1, 0.15) is 30.4 Å². The van der Waals surface area contributed by atoms with Gasteiger partial charge in [0.05, 0.1) is 11.9 Å². The number of imidazole rings is 2. The van der Waals surface area contributed by atoms with Gasteiger partial charge in [-0.1, -0.05) is 0 Å². The van der Waals surface area contributed by atoms with Crippen LogP contribution < -0.4 is 5.73 Å². The van der Waals surface area contributed by atoms with Gasteiger partial charge >= 0.3 is 5.84 Å². The number of hydrogen-bond acceptors (Lipinski definition) is 5. The third-order valence-electron chi connectivity index (χ3n) is 4.67. The minimum atomic E-state index is -0.540. The minimum absolute atomic E-state index is 0.239. The Morgan fingerprint density at radius 1 is 1.18 bits per heavy atom. The van der Waals surface area contributed by atoms with Crippen molar-refractivity contribution < 1.29 is 9.21 Å². The van der Waals surface area contributed by atoms with Crippen LogP contribution in [0.3, 0.4) is 0 Å². The number of nitrogens with two attached hydrogens (primary N) is 1. The second-order valence-electron chi connectivity index (χ2n) is 6.79. The molecule has 0 aliphatic rings. The second-order valence-corrected chi connectivity index (χ2v) is 6.79. The van der Waals surface area contributed by atoms with Crippen molar-refractivity contribution in [3.8, 4) is 22.6 Å². The van der Waals surface area contributed by atoms with Crippen LogP contribution in [-0.2, 0) is 0 Å². The van der Waals surface area contributed by atoms with E-state index in [2.05, 4.69) is 28.9 Å². The highest BCUT2D eigenvalue weighted by atomic mass is 16.3. The van der Waals surface area contributed by atoms with Gasteiger partial charge in [0.2, 0.25) is 0 Å². The summed E-state index contributed by atoms with van der Waals surface area (Å²) in [6.07, 6.45) is 8.59. The number of nitrogens with zero attached hydrogens (tertiary/aromatic N) is 6. The quantitative estimate of drug-likeness (QED) is 0.519. The Morgan fingerprint density at radius 3 is 2.79 bits per heavy atom. The van der Waals surface area contributed by atoms with E-state index >= 15 is 0 Å². The first kappa shape index (κ1) is 16.3. The van der Waals surface area contributed by atoms with Gasteiger partial charge in [0, 0.05) is 30.2 Å². The summed E-state index contributed by atoms with van der Waals surface area (Å²) in [5, 5.41) is 4.65. The maximum absolute atomic E-state index is 11.7. The van der Waals surface area contributed by atoms with Gasteiger partial charge in [0.1, 0.15) is 29.0 Å². The lowest BCUT2D eigenvalue weighted by Gasteiger charge is -2.06. The summed E-state index contributed by atoms with van der Waals surface area (Å²) in [5.41, 5.74) is 9.50. The summed E-state index contributed by atoms with van der Waals surface area (Å²) < 4.78 is 10.9. The van der Waals surface area contributed by atoms with Crippen LogP contribution in [0.15, 0.2) is 53.7 Å². The molecule has 0 spiro atoms. The van der Waals surface area contributed by atoms with E-state index in [0.29, 0.717) is 22.9 Å². The Balaban J connectivity index is 1.76. The lowest BCUT2D eigenvalue weighted by atomic mass is 10.1. The molecule has 28 heavy (non-hydrogen) atoms. The van der Waals surface area contributed by atoms with Gasteiger partial charge in [0.25, 0.3) is 5.91 Å². The third kappa shape index (κ3) is 2.33. The summed E-state index contributed by atoms with van der Waals surface area (Å²) in [4.78, 5) is 20.6. The van der Waals surface area contributed by atoms with E-state index in [4.69, 9.17) is 10.2 Å². The van der Waals surface area contributed by atoms with Gasteiger partial charge in [-0.15, -0.1) is 0 Å². The molecule has 5 aromatic rings. The van der Waals surface area contributed by atoms with Crippen molar-refractivity contribution in [1.29, 1.82) is 0 Å². The molecule has 0 fully saturated rings. The first-order valence-electron chi connectivity index (χ1n) is 8.81. The van der Waals surface area contributed by atoms with Gasteiger partial charge in [-0.05, 0) is 32.0 Å². The molecule has 2 N–H and O–H groups in total. The largest absolute Gasteiger partial charge is 0.432 e. The van der Waals surface area contributed by atoms with E-state index in [1.807, 2.05) is 39.7 Å². The fourth-order valence-corrected chi connectivity index (χ4v) is 3.30. The van der Waals surface area contributed by atoms with Crippen molar-refractivity contribution in [3.05, 3.63) is 54.9 Å². The molecule has 0 saturated heterocycles. The minimum Gasteiger partial charge on any atom is -0.432 e. The molecule has 0 unspecified atom stereocenters. The molecule has 140 valence electrons. The summed E-state index contributed by atoms with van der Waals surface area (Å²) in [6, 6.07) is 5.92. The van der Waals surface area contributed by atoms with Gasteiger partial charge in [-0.3, -0.25) is 18.3 Å². The Labute approximate surface area is 159 Å². The number of hydrogen-bond donors (Lipinski definition) is 1. The number of rotatable bonds is 4. The summed E-state index contributed by atoms with van der Waals surface area (Å²) >= 11 is 0. The van der Waals surface area contributed by atoms with E-state index in [-0.39, 0.29) is 6.04 Å². The van der Waals surface area contributed by atoms with Gasteiger partial charge in [-0.25, -0.2) is 4.98 Å². The topological polar surface area (TPSA) is 109 Å². The maximum Gasteiger partial charge on any atom is 0.306 e. The van der Waals surface area contributed by atoms with E-state index in [9.17, 15) is 4.79 Å². The average Bonchev–Trinajstić information content (AvgIpc) is 3.41. The third-order valence-corrected chi connectivity index (χ3v) is 4.67. The number of pyridine rings is 1. The molecular formula is C19H17N7O2. The first-order valence-corrected chi connectivity index (χ1v) is 8.81. The van der Waals surface area contributed by atoms with E-state index in [0.717, 1.165) is 17.0 Å². The van der Waals surface area contributed by atoms with E-state index in [1.165, 1.54) is 6.20 Å². The zero-order chi connectivity index (χ0) is 19.4. The number of primary amides is 1. The Morgan fingerprint density at radius 2 is 2.04 bits per heavy atom. The molecule has 5 rings (SSSR count). The smallest absolute Gasteiger partial charge is 0.306 e. The number of oxazole rings is 1. The first-order chi connectivity index (χ1) is 13.5. The highest BCUT2D eigenvalue weighted by Crippen LogP contribution is 2.33. The fourth-order valence-electron chi connectivity index (χ4n) is 3.30. The van der Waals surface area contributed by atoms with Crippen LogP contribution in [0.5, 0.6) is 0 Å². The van der Waals surface area contributed by atoms with Gasteiger partial charge in [0.15, 0.2) is 0 Å². The van der Waals surface area contributed by atoms with Crippen LogP contribution in [0, 0.1) is 0 Å². The lowest BCUT2D eigenvalue weighted by Crippen LogP contribution is -2.13. The second kappa shape index (κ2) is 5.81. The average molecular weight is 375 g/mol. The number of amides is 1. The van der Waals surface area contributed by atoms with Crippen LogP contribution in [0.25, 0.3) is 34.1 Å². The SMILES string of the molecule is CC(C)n1ccc(-c2nc3occn3c2-c2ccc3ncc(C(N)=O)n3c2)n1. The van der Waals surface area contributed by atoms with Crippen molar-refractivity contribution in [3.63, 3.8) is 0 Å². The van der Waals surface area contributed by atoms with Crippen molar-refractivity contribution in [2.24, 2.45) is 5.73 Å². The highest BCUT2D eigenvalue weighted by Gasteiger charge is 2.21. The Kier molecular flexibility index (Phi) is 3.38. The number of aromatic nitrogens is 6. The highest BCUT2D eigenvalue weighted by molar-refractivity contribution is 5.92. The number of carbonyl (C=O) groups excluding carboxylic acids is 1. The van der Waals surface area contributed by atoms with Crippen LogP contribution in [-0.4, -0.2) is 34.5 Å². The predicted octanol–water partition coefficient (Wildman–Crippen LogP) is 2.79. The van der Waals surface area contributed by atoms with E-state index in [1.54, 1.807) is 16.9 Å². The Hall–Kier alpha value is -3.88. The molecule has 0 radical (unpaired) electrons. The molecule has 0 atom stereocenters. The predicted molar refractivity (Wildman–Crippen MR) is 102 cm³/mol. The van der Waals surface area contributed by atoms with Gasteiger partial charge in [-0.2, -0.15) is 10.1 Å². The molecule has 0 aromatic carbocycles. The molecule has 0 bridgehead atoms. The van der Waals surface area contributed by atoms with Crippen molar-refractivity contribution in [1.82, 2.24) is 28.5 Å².